The first-order valence-corrected chi connectivity index (χ1v) is 7.21. The van der Waals surface area contributed by atoms with Crippen LogP contribution in [0.5, 0.6) is 0 Å². The topological polar surface area (TPSA) is 29.3 Å². The van der Waals surface area contributed by atoms with Gasteiger partial charge >= 0.3 is 0 Å². The van der Waals surface area contributed by atoms with Crippen LogP contribution in [0.4, 0.5) is 0 Å². The lowest BCUT2D eigenvalue weighted by Crippen LogP contribution is -2.47. The normalized spacial score (nSPS) is 25.3. The largest absolute Gasteiger partial charge is 0.327 e. The maximum atomic E-state index is 6.18. The van der Waals surface area contributed by atoms with Gasteiger partial charge in [-0.2, -0.15) is 0 Å². The van der Waals surface area contributed by atoms with Crippen molar-refractivity contribution in [3.05, 3.63) is 35.4 Å². The molecule has 0 aliphatic carbocycles. The van der Waals surface area contributed by atoms with Crippen LogP contribution in [0.3, 0.4) is 0 Å². The van der Waals surface area contributed by atoms with E-state index in [1.54, 1.807) is 0 Å². The van der Waals surface area contributed by atoms with E-state index in [0.717, 1.165) is 12.5 Å². The molecule has 2 heteroatoms. The molecule has 18 heavy (non-hydrogen) atoms. The zero-order valence-electron chi connectivity index (χ0n) is 11.7. The predicted octanol–water partition coefficient (Wildman–Crippen LogP) is 2.60. The van der Waals surface area contributed by atoms with Gasteiger partial charge in [-0.3, -0.25) is 0 Å². The maximum absolute atomic E-state index is 6.18. The average molecular weight is 246 g/mol. The zero-order valence-corrected chi connectivity index (χ0v) is 11.7. The smallest absolute Gasteiger partial charge is 0.0171 e. The zero-order chi connectivity index (χ0) is 13.0. The van der Waals surface area contributed by atoms with Crippen molar-refractivity contribution >= 4 is 0 Å². The van der Waals surface area contributed by atoms with E-state index in [1.807, 2.05) is 0 Å². The summed E-state index contributed by atoms with van der Waals surface area (Å²) in [7, 11) is 0. The first-order chi connectivity index (χ1) is 8.67. The van der Waals surface area contributed by atoms with Crippen LogP contribution < -0.4 is 5.73 Å². The third kappa shape index (κ3) is 3.82. The second-order valence-corrected chi connectivity index (χ2v) is 5.81. The second kappa shape index (κ2) is 6.35. The van der Waals surface area contributed by atoms with E-state index in [2.05, 4.69) is 43.0 Å². The van der Waals surface area contributed by atoms with Crippen LogP contribution in [-0.4, -0.2) is 30.6 Å². The van der Waals surface area contributed by atoms with Crippen LogP contribution in [-0.2, 0) is 6.42 Å². The highest BCUT2D eigenvalue weighted by molar-refractivity contribution is 5.21. The molecule has 1 aromatic carbocycles. The minimum absolute atomic E-state index is 0.362. The highest BCUT2D eigenvalue weighted by Crippen LogP contribution is 2.20. The van der Waals surface area contributed by atoms with Crippen LogP contribution in [0.1, 0.15) is 30.9 Å². The Balaban J connectivity index is 1.93. The summed E-state index contributed by atoms with van der Waals surface area (Å²) in [4.78, 5) is 2.53. The quantitative estimate of drug-likeness (QED) is 0.885. The number of nitrogens with two attached hydrogens (primary N) is 1. The monoisotopic (exact) mass is 246 g/mol. The molecule has 0 bridgehead atoms. The van der Waals surface area contributed by atoms with Gasteiger partial charge in [0.25, 0.3) is 0 Å². The van der Waals surface area contributed by atoms with Crippen LogP contribution in [0, 0.1) is 12.8 Å². The van der Waals surface area contributed by atoms with E-state index in [4.69, 9.17) is 5.73 Å². The van der Waals surface area contributed by atoms with E-state index in [9.17, 15) is 0 Å². The maximum Gasteiger partial charge on any atom is 0.0171 e. The fourth-order valence-corrected chi connectivity index (χ4v) is 3.05. The fourth-order valence-electron chi connectivity index (χ4n) is 3.05. The Labute approximate surface area is 111 Å². The molecule has 0 aromatic heterocycles. The highest BCUT2D eigenvalue weighted by atomic mass is 15.1. The molecule has 1 heterocycles. The Hall–Kier alpha value is -0.860. The summed E-state index contributed by atoms with van der Waals surface area (Å²) >= 11 is 0. The van der Waals surface area contributed by atoms with Crippen molar-refractivity contribution in [1.29, 1.82) is 0 Å². The van der Waals surface area contributed by atoms with Gasteiger partial charge in [0.15, 0.2) is 0 Å². The van der Waals surface area contributed by atoms with Gasteiger partial charge in [0.2, 0.25) is 0 Å². The number of benzene rings is 1. The lowest BCUT2D eigenvalue weighted by Gasteiger charge is -2.36. The molecule has 0 saturated carbocycles. The van der Waals surface area contributed by atoms with Crippen molar-refractivity contribution in [3.63, 3.8) is 0 Å². The van der Waals surface area contributed by atoms with E-state index in [1.165, 1.54) is 43.5 Å². The number of aryl methyl sites for hydroxylation is 1. The van der Waals surface area contributed by atoms with Crippen molar-refractivity contribution in [2.45, 2.75) is 39.2 Å². The molecule has 1 fully saturated rings. The summed E-state index contributed by atoms with van der Waals surface area (Å²) in [6.07, 6.45) is 3.58. The van der Waals surface area contributed by atoms with Gasteiger partial charge in [-0.15, -0.1) is 0 Å². The van der Waals surface area contributed by atoms with Crippen molar-refractivity contribution in [1.82, 2.24) is 4.90 Å². The lowest BCUT2D eigenvalue weighted by molar-refractivity contribution is 0.156. The molecule has 100 valence electrons. The summed E-state index contributed by atoms with van der Waals surface area (Å²) in [6, 6.07) is 9.31. The van der Waals surface area contributed by atoms with E-state index in [0.29, 0.717) is 6.04 Å². The van der Waals surface area contributed by atoms with Gasteiger partial charge in [-0.1, -0.05) is 36.8 Å². The molecule has 1 aromatic rings. The summed E-state index contributed by atoms with van der Waals surface area (Å²) < 4.78 is 0. The summed E-state index contributed by atoms with van der Waals surface area (Å²) in [5, 5.41) is 0. The Morgan fingerprint density at radius 2 is 1.94 bits per heavy atom. The molecular weight excluding hydrogens is 220 g/mol. The SMILES string of the molecule is CCCN1CC(N)CC(Cc2ccc(C)cc2)C1. The van der Waals surface area contributed by atoms with Crippen molar-refractivity contribution < 1.29 is 0 Å². The molecule has 0 spiro atoms. The first-order valence-electron chi connectivity index (χ1n) is 7.21. The predicted molar refractivity (Wildman–Crippen MR) is 77.7 cm³/mol. The number of likely N-dealkylation sites (tertiary alicyclic amines) is 1. The minimum Gasteiger partial charge on any atom is -0.327 e. The standard InChI is InChI=1S/C16H26N2/c1-3-8-18-11-15(10-16(17)12-18)9-14-6-4-13(2)5-7-14/h4-7,15-16H,3,8-12,17H2,1-2H3. The molecule has 2 nitrogen and oxygen atoms in total. The lowest BCUT2D eigenvalue weighted by atomic mass is 9.89. The third-order valence-electron chi connectivity index (χ3n) is 3.83. The van der Waals surface area contributed by atoms with Crippen molar-refractivity contribution in [2.75, 3.05) is 19.6 Å². The number of rotatable bonds is 4. The average Bonchev–Trinajstić information content (AvgIpc) is 2.32. The van der Waals surface area contributed by atoms with E-state index >= 15 is 0 Å². The molecule has 2 atom stereocenters. The first kappa shape index (κ1) is 13.6. The van der Waals surface area contributed by atoms with Crippen LogP contribution in [0.25, 0.3) is 0 Å². The van der Waals surface area contributed by atoms with Gasteiger partial charge in [0, 0.05) is 19.1 Å². The van der Waals surface area contributed by atoms with E-state index < -0.39 is 0 Å². The highest BCUT2D eigenvalue weighted by Gasteiger charge is 2.24. The third-order valence-corrected chi connectivity index (χ3v) is 3.83. The van der Waals surface area contributed by atoms with Crippen LogP contribution >= 0.6 is 0 Å². The van der Waals surface area contributed by atoms with E-state index in [-0.39, 0.29) is 0 Å². The molecule has 2 N–H and O–H groups in total. The summed E-state index contributed by atoms with van der Waals surface area (Å²) in [5.41, 5.74) is 8.98. The van der Waals surface area contributed by atoms with Crippen LogP contribution in [0.15, 0.2) is 24.3 Å². The van der Waals surface area contributed by atoms with Crippen molar-refractivity contribution in [2.24, 2.45) is 11.7 Å². The molecule has 1 saturated heterocycles. The molecule has 1 aliphatic rings. The molecule has 2 unspecified atom stereocenters. The number of hydrogen-bond donors (Lipinski definition) is 1. The van der Waals surface area contributed by atoms with Gasteiger partial charge in [-0.25, -0.2) is 0 Å². The number of hydrogen-bond acceptors (Lipinski definition) is 2. The molecule has 0 radical (unpaired) electrons. The Morgan fingerprint density at radius 1 is 1.22 bits per heavy atom. The summed E-state index contributed by atoms with van der Waals surface area (Å²) in [5.74, 6) is 0.725. The van der Waals surface area contributed by atoms with Gasteiger partial charge in [0.05, 0.1) is 0 Å². The number of nitrogens with zero attached hydrogens (tertiary/aromatic N) is 1. The fraction of sp³-hybridized carbons (Fsp3) is 0.625. The molecule has 1 aliphatic heterocycles. The molecule has 0 amide bonds. The van der Waals surface area contributed by atoms with Crippen LogP contribution in [0.2, 0.25) is 0 Å². The number of piperidine rings is 1. The van der Waals surface area contributed by atoms with Gasteiger partial charge in [-0.05, 0) is 44.2 Å². The Bertz CT molecular complexity index is 358. The Morgan fingerprint density at radius 3 is 2.61 bits per heavy atom. The minimum atomic E-state index is 0.362. The second-order valence-electron chi connectivity index (χ2n) is 5.81. The van der Waals surface area contributed by atoms with Gasteiger partial charge in [0.1, 0.15) is 0 Å². The van der Waals surface area contributed by atoms with Crippen molar-refractivity contribution in [3.8, 4) is 0 Å². The molecule has 2 rings (SSSR count). The molecular formula is C16H26N2. The Kier molecular flexibility index (Phi) is 4.79. The summed E-state index contributed by atoms with van der Waals surface area (Å²) in [6.45, 7) is 7.88. The van der Waals surface area contributed by atoms with Gasteiger partial charge < -0.3 is 10.6 Å².